The highest BCUT2D eigenvalue weighted by Crippen LogP contribution is 2.21. The van der Waals surface area contributed by atoms with E-state index < -0.39 is 0 Å². The van der Waals surface area contributed by atoms with Gasteiger partial charge in [0.1, 0.15) is 17.2 Å². The minimum Gasteiger partial charge on any atom is -0.459 e. The van der Waals surface area contributed by atoms with Gasteiger partial charge in [-0.05, 0) is 24.3 Å². The summed E-state index contributed by atoms with van der Waals surface area (Å²) >= 11 is 5.83. The van der Waals surface area contributed by atoms with Crippen LogP contribution in [0.5, 0.6) is 0 Å². The summed E-state index contributed by atoms with van der Waals surface area (Å²) in [4.78, 5) is 6.30. The van der Waals surface area contributed by atoms with E-state index in [2.05, 4.69) is 11.1 Å². The Morgan fingerprint density at radius 2 is 2.05 bits per heavy atom. The van der Waals surface area contributed by atoms with Gasteiger partial charge in [0.05, 0.1) is 11.6 Å². The average molecular weight is 273 g/mol. The van der Waals surface area contributed by atoms with Crippen molar-refractivity contribution >= 4 is 28.4 Å². The van der Waals surface area contributed by atoms with Crippen LogP contribution in [-0.2, 0) is 6.54 Å². The molecule has 0 unspecified atom stereocenters. The van der Waals surface area contributed by atoms with Gasteiger partial charge in [-0.15, -0.1) is 0 Å². The Balaban J connectivity index is 1.82. The molecule has 0 fully saturated rings. The first kappa shape index (κ1) is 12.1. The van der Waals surface area contributed by atoms with Gasteiger partial charge >= 0.3 is 0 Å². The molecule has 0 saturated heterocycles. The van der Waals surface area contributed by atoms with E-state index in [1.165, 1.54) is 0 Å². The minimum atomic E-state index is 0.640. The molecule has 0 aliphatic heterocycles. The Morgan fingerprint density at radius 3 is 2.79 bits per heavy atom. The predicted octanol–water partition coefficient (Wildman–Crippen LogP) is 4.12. The van der Waals surface area contributed by atoms with Gasteiger partial charge < -0.3 is 9.32 Å². The summed E-state index contributed by atoms with van der Waals surface area (Å²) in [6.07, 6.45) is 1.64. The van der Waals surface area contributed by atoms with Crippen LogP contribution in [0.4, 0.5) is 5.82 Å². The van der Waals surface area contributed by atoms with E-state index in [0.29, 0.717) is 11.6 Å². The van der Waals surface area contributed by atoms with Crippen molar-refractivity contribution in [1.82, 2.24) is 4.98 Å². The molecule has 0 amide bonds. The number of nitrogens with zero attached hydrogens (tertiary/aromatic N) is 2. The van der Waals surface area contributed by atoms with E-state index in [4.69, 9.17) is 16.0 Å². The van der Waals surface area contributed by atoms with Gasteiger partial charge in [0.2, 0.25) is 0 Å². The van der Waals surface area contributed by atoms with Crippen LogP contribution in [0, 0.1) is 0 Å². The lowest BCUT2D eigenvalue weighted by molar-refractivity contribution is 0.545. The molecular formula is C15H13ClN2O. The Hall–Kier alpha value is -2.00. The molecule has 3 nitrogen and oxygen atoms in total. The van der Waals surface area contributed by atoms with Crippen LogP contribution in [0.3, 0.4) is 0 Å². The predicted molar refractivity (Wildman–Crippen MR) is 77.6 cm³/mol. The number of hydrogen-bond donors (Lipinski definition) is 0. The molecule has 19 heavy (non-hydrogen) atoms. The standard InChI is InChI=1S/C15H13ClN2O/c1-18(15-7-6-12(16)9-17-15)10-13-8-11-4-2-3-5-14(11)19-13/h2-9H,10H2,1H3. The van der Waals surface area contributed by atoms with Gasteiger partial charge in [0.25, 0.3) is 0 Å². The van der Waals surface area contributed by atoms with Gasteiger partial charge in [-0.1, -0.05) is 29.8 Å². The van der Waals surface area contributed by atoms with E-state index in [-0.39, 0.29) is 0 Å². The number of pyridine rings is 1. The summed E-state index contributed by atoms with van der Waals surface area (Å²) in [5.41, 5.74) is 0.912. The minimum absolute atomic E-state index is 0.640. The molecule has 0 spiro atoms. The molecule has 0 aliphatic carbocycles. The van der Waals surface area contributed by atoms with Crippen LogP contribution in [0.25, 0.3) is 11.0 Å². The molecule has 0 bridgehead atoms. The first-order valence-corrected chi connectivity index (χ1v) is 6.40. The molecule has 0 atom stereocenters. The van der Waals surface area contributed by atoms with E-state index in [1.807, 2.05) is 48.3 Å². The van der Waals surface area contributed by atoms with Crippen LogP contribution in [0.15, 0.2) is 53.1 Å². The van der Waals surface area contributed by atoms with E-state index in [1.54, 1.807) is 6.20 Å². The molecule has 0 aliphatic rings. The normalized spacial score (nSPS) is 10.8. The van der Waals surface area contributed by atoms with Crippen LogP contribution in [0.2, 0.25) is 5.02 Å². The van der Waals surface area contributed by atoms with Crippen molar-refractivity contribution in [2.75, 3.05) is 11.9 Å². The first-order chi connectivity index (χ1) is 9.22. The van der Waals surface area contributed by atoms with Crippen molar-refractivity contribution in [2.45, 2.75) is 6.54 Å². The Labute approximate surface area is 116 Å². The summed E-state index contributed by atoms with van der Waals surface area (Å²) in [5, 5.41) is 1.76. The molecular weight excluding hydrogens is 260 g/mol. The molecule has 3 rings (SSSR count). The number of benzene rings is 1. The van der Waals surface area contributed by atoms with E-state index in [9.17, 15) is 0 Å². The third kappa shape index (κ3) is 2.56. The van der Waals surface area contributed by atoms with Gasteiger partial charge in [0.15, 0.2) is 0 Å². The average Bonchev–Trinajstić information content (AvgIpc) is 2.81. The molecule has 4 heteroatoms. The summed E-state index contributed by atoms with van der Waals surface area (Å²) in [6.45, 7) is 0.670. The number of halogens is 1. The third-order valence-electron chi connectivity index (χ3n) is 2.97. The maximum Gasteiger partial charge on any atom is 0.134 e. The smallest absolute Gasteiger partial charge is 0.134 e. The fraction of sp³-hybridized carbons (Fsp3) is 0.133. The van der Waals surface area contributed by atoms with Gasteiger partial charge in [-0.3, -0.25) is 0 Å². The SMILES string of the molecule is CN(Cc1cc2ccccc2o1)c1ccc(Cl)cn1. The maximum absolute atomic E-state index is 5.83. The summed E-state index contributed by atoms with van der Waals surface area (Å²) in [7, 11) is 1.98. The molecule has 2 aromatic heterocycles. The first-order valence-electron chi connectivity index (χ1n) is 6.02. The second kappa shape index (κ2) is 4.94. The largest absolute Gasteiger partial charge is 0.459 e. The molecule has 3 aromatic rings. The van der Waals surface area contributed by atoms with Crippen molar-refractivity contribution in [3.05, 3.63) is 59.4 Å². The lowest BCUT2D eigenvalue weighted by atomic mass is 10.2. The molecule has 1 aromatic carbocycles. The molecule has 96 valence electrons. The van der Waals surface area contributed by atoms with Crippen LogP contribution in [-0.4, -0.2) is 12.0 Å². The van der Waals surface area contributed by atoms with Crippen LogP contribution in [0.1, 0.15) is 5.76 Å². The van der Waals surface area contributed by atoms with E-state index >= 15 is 0 Å². The van der Waals surface area contributed by atoms with Gasteiger partial charge in [0, 0.05) is 18.6 Å². The van der Waals surface area contributed by atoms with E-state index in [0.717, 1.165) is 22.5 Å². The lowest BCUT2D eigenvalue weighted by Crippen LogP contribution is -2.16. The molecule has 0 N–H and O–H groups in total. The number of aromatic nitrogens is 1. The topological polar surface area (TPSA) is 29.3 Å². The Bertz CT molecular complexity index is 658. The highest BCUT2D eigenvalue weighted by Gasteiger charge is 2.08. The fourth-order valence-corrected chi connectivity index (χ4v) is 2.14. The Kier molecular flexibility index (Phi) is 3.13. The maximum atomic E-state index is 5.83. The Morgan fingerprint density at radius 1 is 1.21 bits per heavy atom. The van der Waals surface area contributed by atoms with Crippen LogP contribution < -0.4 is 4.90 Å². The lowest BCUT2D eigenvalue weighted by Gasteiger charge is -2.16. The second-order valence-electron chi connectivity index (χ2n) is 4.44. The van der Waals surface area contributed by atoms with Crippen molar-refractivity contribution in [3.63, 3.8) is 0 Å². The summed E-state index contributed by atoms with van der Waals surface area (Å²) < 4.78 is 5.79. The number of hydrogen-bond acceptors (Lipinski definition) is 3. The highest BCUT2D eigenvalue weighted by atomic mass is 35.5. The number of anilines is 1. The van der Waals surface area contributed by atoms with Gasteiger partial charge in [-0.25, -0.2) is 4.98 Å². The summed E-state index contributed by atoms with van der Waals surface area (Å²) in [6, 6.07) is 13.8. The van der Waals surface area contributed by atoms with Crippen molar-refractivity contribution in [1.29, 1.82) is 0 Å². The third-order valence-corrected chi connectivity index (χ3v) is 3.20. The number of fused-ring (bicyclic) bond motifs is 1. The zero-order valence-electron chi connectivity index (χ0n) is 10.5. The fourth-order valence-electron chi connectivity index (χ4n) is 2.02. The number of para-hydroxylation sites is 1. The van der Waals surface area contributed by atoms with Crippen molar-refractivity contribution in [3.8, 4) is 0 Å². The molecule has 0 saturated carbocycles. The number of furan rings is 1. The zero-order valence-corrected chi connectivity index (χ0v) is 11.3. The number of rotatable bonds is 3. The van der Waals surface area contributed by atoms with Crippen molar-refractivity contribution in [2.24, 2.45) is 0 Å². The molecule has 2 heterocycles. The zero-order chi connectivity index (χ0) is 13.2. The van der Waals surface area contributed by atoms with Gasteiger partial charge in [-0.2, -0.15) is 0 Å². The van der Waals surface area contributed by atoms with Crippen molar-refractivity contribution < 1.29 is 4.42 Å². The molecule has 0 radical (unpaired) electrons. The monoisotopic (exact) mass is 272 g/mol. The quantitative estimate of drug-likeness (QED) is 0.718. The summed E-state index contributed by atoms with van der Waals surface area (Å²) in [5.74, 6) is 1.78. The highest BCUT2D eigenvalue weighted by molar-refractivity contribution is 6.30. The second-order valence-corrected chi connectivity index (χ2v) is 4.88. The van der Waals surface area contributed by atoms with Crippen LogP contribution >= 0.6 is 11.6 Å².